The third kappa shape index (κ3) is 2.47. The first-order chi connectivity index (χ1) is 8.65. The summed E-state index contributed by atoms with van der Waals surface area (Å²) in [7, 11) is 1.58. The molecular weight excluding hydrogens is 253 g/mol. The van der Waals surface area contributed by atoms with Gasteiger partial charge in [-0.15, -0.1) is 0 Å². The number of ether oxygens (including phenoxy) is 1. The highest BCUT2D eigenvalue weighted by molar-refractivity contribution is 6.30. The van der Waals surface area contributed by atoms with Crippen LogP contribution in [0.1, 0.15) is 5.56 Å². The molecule has 0 atom stereocenters. The molecule has 0 bridgehead atoms. The van der Waals surface area contributed by atoms with Gasteiger partial charge in [0.15, 0.2) is 0 Å². The average Bonchev–Trinajstić information content (AvgIpc) is 2.38. The van der Waals surface area contributed by atoms with Gasteiger partial charge in [-0.1, -0.05) is 17.7 Å². The molecule has 0 aromatic heterocycles. The Labute approximate surface area is 110 Å². The van der Waals surface area contributed by atoms with E-state index in [2.05, 4.69) is 0 Å². The van der Waals surface area contributed by atoms with Gasteiger partial charge in [0.05, 0.1) is 7.11 Å². The van der Waals surface area contributed by atoms with Crippen LogP contribution in [0.25, 0.3) is 11.1 Å². The average molecular weight is 266 g/mol. The Morgan fingerprint density at radius 3 is 2.61 bits per heavy atom. The highest BCUT2D eigenvalue weighted by atomic mass is 35.5. The van der Waals surface area contributed by atoms with Crippen molar-refractivity contribution in [2.24, 2.45) is 5.73 Å². The van der Waals surface area contributed by atoms with Gasteiger partial charge in [-0.3, -0.25) is 0 Å². The van der Waals surface area contributed by atoms with Crippen molar-refractivity contribution in [3.63, 3.8) is 0 Å². The van der Waals surface area contributed by atoms with Crippen molar-refractivity contribution in [1.82, 2.24) is 0 Å². The molecule has 0 heterocycles. The van der Waals surface area contributed by atoms with Crippen LogP contribution in [0.3, 0.4) is 0 Å². The summed E-state index contributed by atoms with van der Waals surface area (Å²) in [6.45, 7) is 0.340. The third-order valence-corrected chi connectivity index (χ3v) is 2.98. The largest absolute Gasteiger partial charge is 0.496 e. The Morgan fingerprint density at radius 1 is 1.22 bits per heavy atom. The monoisotopic (exact) mass is 265 g/mol. The lowest BCUT2D eigenvalue weighted by Gasteiger charge is -2.10. The van der Waals surface area contributed by atoms with Crippen molar-refractivity contribution in [1.29, 1.82) is 0 Å². The van der Waals surface area contributed by atoms with Crippen molar-refractivity contribution in [3.8, 4) is 16.9 Å². The van der Waals surface area contributed by atoms with Gasteiger partial charge in [-0.25, -0.2) is 4.39 Å². The van der Waals surface area contributed by atoms with Crippen molar-refractivity contribution in [3.05, 3.63) is 52.8 Å². The summed E-state index contributed by atoms with van der Waals surface area (Å²) in [6, 6.07) is 10.0. The minimum Gasteiger partial charge on any atom is -0.496 e. The molecule has 2 aromatic carbocycles. The maximum Gasteiger partial charge on any atom is 0.132 e. The molecule has 4 heteroatoms. The van der Waals surface area contributed by atoms with Gasteiger partial charge < -0.3 is 10.5 Å². The standard InChI is InChI=1S/C14H13ClFNO/c1-18-14-5-2-9(6-10(14)8-17)12-4-3-11(15)7-13(12)16/h2-7H,8,17H2,1H3. The molecule has 0 saturated carbocycles. The third-order valence-electron chi connectivity index (χ3n) is 2.74. The zero-order chi connectivity index (χ0) is 13.1. The Hall–Kier alpha value is -1.58. The number of rotatable bonds is 3. The van der Waals surface area contributed by atoms with Crippen molar-refractivity contribution < 1.29 is 9.13 Å². The van der Waals surface area contributed by atoms with E-state index in [9.17, 15) is 4.39 Å². The van der Waals surface area contributed by atoms with E-state index in [0.717, 1.165) is 11.1 Å². The van der Waals surface area contributed by atoms with Crippen LogP contribution in [-0.2, 0) is 6.54 Å². The van der Waals surface area contributed by atoms with E-state index in [1.54, 1.807) is 31.4 Å². The minimum atomic E-state index is -0.351. The van der Waals surface area contributed by atoms with Crippen molar-refractivity contribution >= 4 is 11.6 Å². The number of methoxy groups -OCH3 is 1. The molecule has 0 fully saturated rings. The first-order valence-corrected chi connectivity index (χ1v) is 5.86. The normalized spacial score (nSPS) is 10.4. The van der Waals surface area contributed by atoms with Crippen LogP contribution in [0, 0.1) is 5.82 Å². The highest BCUT2D eigenvalue weighted by Crippen LogP contribution is 2.29. The lowest BCUT2D eigenvalue weighted by Crippen LogP contribution is -2.00. The molecule has 0 aliphatic heterocycles. The van der Waals surface area contributed by atoms with Crippen LogP contribution in [0.5, 0.6) is 5.75 Å². The summed E-state index contributed by atoms with van der Waals surface area (Å²) in [4.78, 5) is 0. The molecule has 0 aliphatic rings. The molecule has 2 nitrogen and oxygen atoms in total. The molecule has 18 heavy (non-hydrogen) atoms. The lowest BCUT2D eigenvalue weighted by atomic mass is 10.0. The molecular formula is C14H13ClFNO. The number of benzene rings is 2. The van der Waals surface area contributed by atoms with Crippen LogP contribution < -0.4 is 10.5 Å². The van der Waals surface area contributed by atoms with Crippen LogP contribution in [0.15, 0.2) is 36.4 Å². The van der Waals surface area contributed by atoms with Gasteiger partial charge in [-0.2, -0.15) is 0 Å². The number of halogens is 2. The number of hydrogen-bond acceptors (Lipinski definition) is 2. The van der Waals surface area contributed by atoms with E-state index in [1.165, 1.54) is 6.07 Å². The zero-order valence-corrected chi connectivity index (χ0v) is 10.7. The van der Waals surface area contributed by atoms with E-state index < -0.39 is 0 Å². The van der Waals surface area contributed by atoms with Crippen LogP contribution in [0.2, 0.25) is 5.02 Å². The fraction of sp³-hybridized carbons (Fsp3) is 0.143. The molecule has 2 aromatic rings. The number of hydrogen-bond donors (Lipinski definition) is 1. The maximum absolute atomic E-state index is 13.8. The smallest absolute Gasteiger partial charge is 0.132 e. The van der Waals surface area contributed by atoms with Gasteiger partial charge in [0.2, 0.25) is 0 Å². The fourth-order valence-electron chi connectivity index (χ4n) is 1.83. The summed E-state index contributed by atoms with van der Waals surface area (Å²) in [5.74, 6) is 0.353. The predicted molar refractivity (Wildman–Crippen MR) is 71.3 cm³/mol. The predicted octanol–water partition coefficient (Wildman–Crippen LogP) is 3.61. The molecule has 0 aliphatic carbocycles. The lowest BCUT2D eigenvalue weighted by molar-refractivity contribution is 0.410. The number of nitrogens with two attached hydrogens (primary N) is 1. The zero-order valence-electron chi connectivity index (χ0n) is 9.91. The second-order valence-electron chi connectivity index (χ2n) is 3.85. The van der Waals surface area contributed by atoms with Gasteiger partial charge in [0.25, 0.3) is 0 Å². The second-order valence-corrected chi connectivity index (χ2v) is 4.29. The molecule has 0 amide bonds. The summed E-state index contributed by atoms with van der Waals surface area (Å²) >= 11 is 5.73. The van der Waals surface area contributed by atoms with E-state index >= 15 is 0 Å². The maximum atomic E-state index is 13.8. The molecule has 0 saturated heterocycles. The Morgan fingerprint density at radius 2 is 2.00 bits per heavy atom. The van der Waals surface area contributed by atoms with E-state index in [-0.39, 0.29) is 5.82 Å². The SMILES string of the molecule is COc1ccc(-c2ccc(Cl)cc2F)cc1CN. The fourth-order valence-corrected chi connectivity index (χ4v) is 1.99. The first kappa shape index (κ1) is 12.9. The molecule has 2 N–H and O–H groups in total. The first-order valence-electron chi connectivity index (χ1n) is 5.48. The topological polar surface area (TPSA) is 35.2 Å². The van der Waals surface area contributed by atoms with Gasteiger partial charge in [0.1, 0.15) is 11.6 Å². The molecule has 0 spiro atoms. The van der Waals surface area contributed by atoms with E-state index in [0.29, 0.717) is 22.9 Å². The Balaban J connectivity index is 2.51. The molecule has 2 rings (SSSR count). The quantitative estimate of drug-likeness (QED) is 0.920. The Bertz CT molecular complexity index is 572. The summed E-state index contributed by atoms with van der Waals surface area (Å²) < 4.78 is 19.0. The van der Waals surface area contributed by atoms with Gasteiger partial charge >= 0.3 is 0 Å². The highest BCUT2D eigenvalue weighted by Gasteiger charge is 2.08. The minimum absolute atomic E-state index is 0.340. The molecule has 94 valence electrons. The van der Waals surface area contributed by atoms with Gasteiger partial charge in [0, 0.05) is 22.7 Å². The van der Waals surface area contributed by atoms with Crippen molar-refractivity contribution in [2.75, 3.05) is 7.11 Å². The Kier molecular flexibility index (Phi) is 3.84. The van der Waals surface area contributed by atoms with Crippen LogP contribution in [-0.4, -0.2) is 7.11 Å². The molecule has 0 radical (unpaired) electrons. The van der Waals surface area contributed by atoms with Gasteiger partial charge in [-0.05, 0) is 35.9 Å². The van der Waals surface area contributed by atoms with E-state index in [1.807, 2.05) is 6.07 Å². The van der Waals surface area contributed by atoms with Crippen molar-refractivity contribution in [2.45, 2.75) is 6.54 Å². The molecule has 0 unspecified atom stereocenters. The summed E-state index contributed by atoms with van der Waals surface area (Å²) in [5.41, 5.74) is 7.73. The van der Waals surface area contributed by atoms with E-state index in [4.69, 9.17) is 22.1 Å². The summed E-state index contributed by atoms with van der Waals surface area (Å²) in [6.07, 6.45) is 0. The van der Waals surface area contributed by atoms with Crippen LogP contribution in [0.4, 0.5) is 4.39 Å². The summed E-state index contributed by atoms with van der Waals surface area (Å²) in [5, 5.41) is 0.379. The second kappa shape index (κ2) is 5.38. The van der Waals surface area contributed by atoms with Crippen LogP contribution >= 0.6 is 11.6 Å².